The Morgan fingerprint density at radius 2 is 1.95 bits per heavy atom. The highest BCUT2D eigenvalue weighted by Gasteiger charge is 2.30. The van der Waals surface area contributed by atoms with Crippen molar-refractivity contribution in [3.05, 3.63) is 59.3 Å². The molecule has 0 radical (unpaired) electrons. The van der Waals surface area contributed by atoms with Gasteiger partial charge in [-0.05, 0) is 43.0 Å². The minimum atomic E-state index is -4.33. The molecule has 1 aliphatic rings. The molecule has 0 amide bonds. The third-order valence-corrected chi connectivity index (χ3v) is 3.17. The van der Waals surface area contributed by atoms with Gasteiger partial charge in [-0.1, -0.05) is 12.1 Å². The first kappa shape index (κ1) is 16.1. The molecule has 1 aromatic rings. The molecule has 0 unspecified atom stereocenters. The van der Waals surface area contributed by atoms with Crippen LogP contribution < -0.4 is 0 Å². The standard InChI is InChI=1S/C16H16F3NO2/c1-2-22-15(21)13-4-3-9-20(11-13)10-12-5-7-14(8-6-12)16(17,18)19/h3-9H,2,10-11H2,1H3. The molecule has 0 atom stereocenters. The lowest BCUT2D eigenvalue weighted by atomic mass is 10.1. The number of benzene rings is 1. The Bertz CT molecular complexity index is 588. The molecule has 3 nitrogen and oxygen atoms in total. The van der Waals surface area contributed by atoms with Gasteiger partial charge >= 0.3 is 12.1 Å². The van der Waals surface area contributed by atoms with Crippen LogP contribution in [0.2, 0.25) is 0 Å². The van der Waals surface area contributed by atoms with E-state index in [9.17, 15) is 18.0 Å². The third-order valence-electron chi connectivity index (χ3n) is 3.17. The van der Waals surface area contributed by atoms with E-state index in [1.807, 2.05) is 4.90 Å². The Morgan fingerprint density at radius 1 is 1.27 bits per heavy atom. The normalized spacial score (nSPS) is 14.7. The van der Waals surface area contributed by atoms with Gasteiger partial charge in [-0.2, -0.15) is 13.2 Å². The van der Waals surface area contributed by atoms with E-state index >= 15 is 0 Å². The molecule has 1 aromatic carbocycles. The van der Waals surface area contributed by atoms with Crippen LogP contribution in [0.4, 0.5) is 13.2 Å². The largest absolute Gasteiger partial charge is 0.463 e. The molecule has 6 heteroatoms. The molecule has 2 rings (SSSR count). The number of hydrogen-bond acceptors (Lipinski definition) is 3. The molecule has 0 bridgehead atoms. The van der Waals surface area contributed by atoms with Crippen molar-refractivity contribution in [3.8, 4) is 0 Å². The lowest BCUT2D eigenvalue weighted by Gasteiger charge is -2.24. The lowest BCUT2D eigenvalue weighted by Crippen LogP contribution is -2.26. The van der Waals surface area contributed by atoms with E-state index in [0.29, 0.717) is 25.3 Å². The van der Waals surface area contributed by atoms with Crippen LogP contribution in [0.5, 0.6) is 0 Å². The second kappa shape index (κ2) is 6.68. The summed E-state index contributed by atoms with van der Waals surface area (Å²) >= 11 is 0. The number of ether oxygens (including phenoxy) is 1. The first-order valence-electron chi connectivity index (χ1n) is 6.85. The molecular formula is C16H16F3NO2. The van der Waals surface area contributed by atoms with E-state index < -0.39 is 11.7 Å². The number of halogens is 3. The zero-order valence-corrected chi connectivity index (χ0v) is 12.1. The molecule has 0 saturated carbocycles. The van der Waals surface area contributed by atoms with E-state index in [1.54, 1.807) is 25.3 Å². The van der Waals surface area contributed by atoms with Crippen LogP contribution in [0.25, 0.3) is 0 Å². The van der Waals surface area contributed by atoms with Crippen molar-refractivity contribution in [2.24, 2.45) is 0 Å². The molecule has 22 heavy (non-hydrogen) atoms. The van der Waals surface area contributed by atoms with Crippen molar-refractivity contribution < 1.29 is 22.7 Å². The molecule has 0 fully saturated rings. The molecule has 0 saturated heterocycles. The second-order valence-electron chi connectivity index (χ2n) is 4.85. The summed E-state index contributed by atoms with van der Waals surface area (Å²) < 4.78 is 42.5. The van der Waals surface area contributed by atoms with Crippen molar-refractivity contribution in [2.45, 2.75) is 19.6 Å². The maximum absolute atomic E-state index is 12.5. The first-order chi connectivity index (χ1) is 10.4. The number of allylic oxidation sites excluding steroid dienone is 2. The van der Waals surface area contributed by atoms with Crippen LogP contribution in [0.3, 0.4) is 0 Å². The summed E-state index contributed by atoms with van der Waals surface area (Å²) in [6, 6.07) is 5.01. The van der Waals surface area contributed by atoms with E-state index in [1.165, 1.54) is 12.1 Å². The Morgan fingerprint density at radius 3 is 2.55 bits per heavy atom. The van der Waals surface area contributed by atoms with Gasteiger partial charge in [-0.15, -0.1) is 0 Å². The van der Waals surface area contributed by atoms with E-state index in [0.717, 1.165) is 17.7 Å². The van der Waals surface area contributed by atoms with Crippen LogP contribution in [0.1, 0.15) is 18.1 Å². The Hall–Kier alpha value is -2.24. The highest BCUT2D eigenvalue weighted by atomic mass is 19.4. The van der Waals surface area contributed by atoms with Gasteiger partial charge in [0.15, 0.2) is 0 Å². The SMILES string of the molecule is CCOC(=O)C1=CC=CN(Cc2ccc(C(F)(F)F)cc2)C1. The van der Waals surface area contributed by atoms with Crippen LogP contribution in [0.15, 0.2) is 48.2 Å². The van der Waals surface area contributed by atoms with Crippen LogP contribution in [0, 0.1) is 0 Å². The number of hydrogen-bond donors (Lipinski definition) is 0. The van der Waals surface area contributed by atoms with E-state index in [2.05, 4.69) is 0 Å². The Labute approximate surface area is 126 Å². The molecule has 0 aromatic heterocycles. The summed E-state index contributed by atoms with van der Waals surface area (Å²) in [7, 11) is 0. The van der Waals surface area contributed by atoms with Gasteiger partial charge in [0.05, 0.1) is 17.7 Å². The molecule has 1 aliphatic heterocycles. The topological polar surface area (TPSA) is 29.5 Å². The Balaban J connectivity index is 1.99. The number of carbonyl (C=O) groups is 1. The summed E-state index contributed by atoms with van der Waals surface area (Å²) in [5.41, 5.74) is 0.594. The van der Waals surface area contributed by atoms with Crippen molar-refractivity contribution >= 4 is 5.97 Å². The molecule has 0 N–H and O–H groups in total. The average Bonchev–Trinajstić information content (AvgIpc) is 2.47. The van der Waals surface area contributed by atoms with E-state index in [-0.39, 0.29) is 5.97 Å². The third kappa shape index (κ3) is 4.13. The van der Waals surface area contributed by atoms with Gasteiger partial charge in [0.25, 0.3) is 0 Å². The fourth-order valence-electron chi connectivity index (χ4n) is 2.10. The summed E-state index contributed by atoms with van der Waals surface area (Å²) in [6.45, 7) is 2.83. The molecule has 0 aliphatic carbocycles. The van der Waals surface area contributed by atoms with Gasteiger partial charge in [-0.3, -0.25) is 0 Å². The van der Waals surface area contributed by atoms with Gasteiger partial charge in [-0.25, -0.2) is 4.79 Å². The smallest absolute Gasteiger partial charge is 0.416 e. The van der Waals surface area contributed by atoms with Crippen LogP contribution >= 0.6 is 0 Å². The molecule has 0 spiro atoms. The summed E-state index contributed by atoms with van der Waals surface area (Å²) in [4.78, 5) is 13.5. The molecule has 1 heterocycles. The van der Waals surface area contributed by atoms with Crippen molar-refractivity contribution in [1.29, 1.82) is 0 Å². The van der Waals surface area contributed by atoms with Gasteiger partial charge in [0.2, 0.25) is 0 Å². The minimum absolute atomic E-state index is 0.304. The number of rotatable bonds is 4. The quantitative estimate of drug-likeness (QED) is 0.797. The van der Waals surface area contributed by atoms with Crippen LogP contribution in [-0.2, 0) is 22.3 Å². The monoisotopic (exact) mass is 311 g/mol. The highest BCUT2D eigenvalue weighted by Crippen LogP contribution is 2.29. The molecule has 118 valence electrons. The van der Waals surface area contributed by atoms with Gasteiger partial charge in [0, 0.05) is 13.1 Å². The van der Waals surface area contributed by atoms with Gasteiger partial charge in [0.1, 0.15) is 0 Å². The Kier molecular flexibility index (Phi) is 4.90. The zero-order valence-electron chi connectivity index (χ0n) is 12.1. The predicted octanol–water partition coefficient (Wildman–Crippen LogP) is 3.52. The highest BCUT2D eigenvalue weighted by molar-refractivity contribution is 5.89. The van der Waals surface area contributed by atoms with Crippen molar-refractivity contribution in [1.82, 2.24) is 4.90 Å². The number of alkyl halides is 3. The van der Waals surface area contributed by atoms with Crippen LogP contribution in [-0.4, -0.2) is 24.0 Å². The number of carbonyl (C=O) groups excluding carboxylic acids is 1. The number of esters is 1. The second-order valence-corrected chi connectivity index (χ2v) is 4.85. The van der Waals surface area contributed by atoms with E-state index in [4.69, 9.17) is 4.74 Å². The lowest BCUT2D eigenvalue weighted by molar-refractivity contribution is -0.139. The van der Waals surface area contributed by atoms with Crippen molar-refractivity contribution in [2.75, 3.05) is 13.2 Å². The summed E-state index contributed by atoms with van der Waals surface area (Å²) in [5, 5.41) is 0. The fraction of sp³-hybridized carbons (Fsp3) is 0.312. The minimum Gasteiger partial charge on any atom is -0.463 e. The van der Waals surface area contributed by atoms with Gasteiger partial charge < -0.3 is 9.64 Å². The maximum atomic E-state index is 12.5. The zero-order chi connectivity index (χ0) is 16.2. The summed E-state index contributed by atoms with van der Waals surface area (Å²) in [6.07, 6.45) is 0.866. The molecular weight excluding hydrogens is 295 g/mol. The maximum Gasteiger partial charge on any atom is 0.416 e. The number of nitrogens with zero attached hydrogens (tertiary/aromatic N) is 1. The fourth-order valence-corrected chi connectivity index (χ4v) is 2.10. The first-order valence-corrected chi connectivity index (χ1v) is 6.85. The average molecular weight is 311 g/mol. The predicted molar refractivity (Wildman–Crippen MR) is 75.7 cm³/mol. The van der Waals surface area contributed by atoms with Crippen molar-refractivity contribution in [3.63, 3.8) is 0 Å². The summed E-state index contributed by atoms with van der Waals surface area (Å²) in [5.74, 6) is -0.371.